The number of ether oxygens (including phenoxy) is 3. The third kappa shape index (κ3) is 9.17. The molecule has 1 saturated carbocycles. The van der Waals surface area contributed by atoms with Crippen molar-refractivity contribution in [2.45, 2.75) is 88.9 Å². The van der Waals surface area contributed by atoms with Crippen molar-refractivity contribution in [1.82, 2.24) is 4.90 Å². The van der Waals surface area contributed by atoms with Crippen molar-refractivity contribution < 1.29 is 33.3 Å². The topological polar surface area (TPSA) is 107 Å². The van der Waals surface area contributed by atoms with Crippen LogP contribution in [0.25, 0.3) is 0 Å². The van der Waals surface area contributed by atoms with Crippen LogP contribution in [-0.4, -0.2) is 69.8 Å². The van der Waals surface area contributed by atoms with E-state index in [4.69, 9.17) is 30.2 Å². The zero-order valence-electron chi connectivity index (χ0n) is 28.3. The second-order valence-electron chi connectivity index (χ2n) is 13.4. The fourth-order valence-corrected chi connectivity index (χ4v) is 8.11. The summed E-state index contributed by atoms with van der Waals surface area (Å²) < 4.78 is 23.3. The molecule has 0 radical (unpaired) electrons. The number of aliphatic hydroxyl groups is 1. The number of methoxy groups -OCH3 is 1. The van der Waals surface area contributed by atoms with Gasteiger partial charge in [-0.05, 0) is 79.8 Å². The molecule has 4 rings (SSSR count). The minimum atomic E-state index is -1.97. The highest BCUT2D eigenvalue weighted by Gasteiger charge is 2.45. The van der Waals surface area contributed by atoms with Crippen LogP contribution in [0.2, 0.25) is 23.2 Å². The first-order valence-electron chi connectivity index (χ1n) is 15.8. The first kappa shape index (κ1) is 37.4. The van der Waals surface area contributed by atoms with Gasteiger partial charge in [0.25, 0.3) is 0 Å². The predicted molar refractivity (Wildman–Crippen MR) is 191 cm³/mol. The molecule has 2 heterocycles. The van der Waals surface area contributed by atoms with Gasteiger partial charge in [-0.25, -0.2) is 9.59 Å². The van der Waals surface area contributed by atoms with Crippen LogP contribution in [-0.2, 0) is 30.9 Å². The molecule has 1 aliphatic carbocycles. The van der Waals surface area contributed by atoms with Crippen LogP contribution in [0.15, 0.2) is 47.2 Å². The number of esters is 1. The standard InChI is InChI=1S/C34H47ClN2O7S2Si/c1-33(2,3)47(6,7)43-22-23-20-26(35)27(21-28(23)41-5)36-32(39)42-17-16-37(4)24-12-14-25(15-13-24)44-31(38)34(40,29-10-8-18-45-29)30-11-9-19-46-30/h8-11,18-21,24-25,40H,12-17,22H2,1-7H3,(H,36,39). The molecule has 1 fully saturated rings. The van der Waals surface area contributed by atoms with Gasteiger partial charge in [0.1, 0.15) is 18.5 Å². The van der Waals surface area contributed by atoms with Crippen LogP contribution in [0.1, 0.15) is 61.8 Å². The summed E-state index contributed by atoms with van der Waals surface area (Å²) >= 11 is 9.19. The predicted octanol–water partition coefficient (Wildman–Crippen LogP) is 8.26. The van der Waals surface area contributed by atoms with E-state index in [1.54, 1.807) is 31.4 Å². The molecule has 0 unspecified atom stereocenters. The lowest BCUT2D eigenvalue weighted by atomic mass is 9.91. The van der Waals surface area contributed by atoms with Gasteiger partial charge < -0.3 is 28.6 Å². The number of hydrogen-bond acceptors (Lipinski definition) is 10. The van der Waals surface area contributed by atoms with E-state index in [1.165, 1.54) is 22.7 Å². The number of nitrogens with one attached hydrogen (secondary N) is 1. The quantitative estimate of drug-likeness (QED) is 0.134. The minimum absolute atomic E-state index is 0.0699. The molecular formula is C34H47ClN2O7S2Si. The van der Waals surface area contributed by atoms with Crippen LogP contribution < -0.4 is 10.1 Å². The van der Waals surface area contributed by atoms with Gasteiger partial charge in [-0.1, -0.05) is 44.5 Å². The van der Waals surface area contributed by atoms with Crippen molar-refractivity contribution in [3.05, 3.63) is 67.5 Å². The SMILES string of the molecule is COc1cc(NC(=O)OCCN(C)C2CCC(OC(=O)C(O)(c3cccs3)c3cccs3)CC2)c(Cl)cc1CO[Si](C)(C)C(C)(C)C. The number of hydrogen-bond donors (Lipinski definition) is 2. The smallest absolute Gasteiger partial charge is 0.411 e. The molecule has 0 atom stereocenters. The maximum Gasteiger partial charge on any atom is 0.411 e. The number of rotatable bonds is 13. The van der Waals surface area contributed by atoms with Gasteiger partial charge in [0, 0.05) is 24.2 Å². The molecule has 13 heteroatoms. The van der Waals surface area contributed by atoms with Gasteiger partial charge in [-0.2, -0.15) is 0 Å². The van der Waals surface area contributed by atoms with Gasteiger partial charge in [-0.15, -0.1) is 22.7 Å². The van der Waals surface area contributed by atoms with Crippen molar-refractivity contribution >= 4 is 60.3 Å². The Hall–Kier alpha value is -2.45. The first-order valence-corrected chi connectivity index (χ1v) is 20.9. The van der Waals surface area contributed by atoms with Gasteiger partial charge >= 0.3 is 12.1 Å². The van der Waals surface area contributed by atoms with E-state index in [2.05, 4.69) is 44.1 Å². The average molecular weight is 723 g/mol. The molecule has 258 valence electrons. The summed E-state index contributed by atoms with van der Waals surface area (Å²) in [6.45, 7) is 12.0. The van der Waals surface area contributed by atoms with E-state index in [0.717, 1.165) is 18.4 Å². The van der Waals surface area contributed by atoms with E-state index < -0.39 is 26.0 Å². The van der Waals surface area contributed by atoms with Crippen molar-refractivity contribution in [3.8, 4) is 5.75 Å². The number of carbonyl (C=O) groups excluding carboxylic acids is 2. The zero-order valence-corrected chi connectivity index (χ0v) is 31.7. The van der Waals surface area contributed by atoms with Crippen LogP contribution >= 0.6 is 34.3 Å². The Bertz CT molecular complexity index is 1440. The summed E-state index contributed by atoms with van der Waals surface area (Å²) in [7, 11) is 1.60. The summed E-state index contributed by atoms with van der Waals surface area (Å²) in [6.07, 6.45) is 2.13. The molecule has 3 aromatic rings. The van der Waals surface area contributed by atoms with Gasteiger partial charge in [0.05, 0.1) is 34.2 Å². The summed E-state index contributed by atoms with van der Waals surface area (Å²) in [4.78, 5) is 29.2. The third-order valence-corrected chi connectivity index (χ3v) is 16.0. The minimum Gasteiger partial charge on any atom is -0.496 e. The maximum absolute atomic E-state index is 13.3. The Labute approximate surface area is 292 Å². The van der Waals surface area contributed by atoms with Gasteiger partial charge in [0.2, 0.25) is 5.60 Å². The first-order chi connectivity index (χ1) is 22.2. The van der Waals surface area contributed by atoms with E-state index in [1.807, 2.05) is 29.9 Å². The average Bonchev–Trinajstić information content (AvgIpc) is 3.76. The lowest BCUT2D eigenvalue weighted by Gasteiger charge is -2.36. The van der Waals surface area contributed by atoms with E-state index in [9.17, 15) is 14.7 Å². The Morgan fingerprint density at radius 1 is 1.06 bits per heavy atom. The Morgan fingerprint density at radius 3 is 2.21 bits per heavy atom. The number of carbonyl (C=O) groups is 2. The van der Waals surface area contributed by atoms with Gasteiger partial charge in [0.15, 0.2) is 8.32 Å². The number of halogens is 1. The number of thiophene rings is 2. The van der Waals surface area contributed by atoms with Crippen molar-refractivity contribution in [2.24, 2.45) is 0 Å². The number of likely N-dealkylation sites (N-methyl/N-ethyl adjacent to an activating group) is 1. The summed E-state index contributed by atoms with van der Waals surface area (Å²) in [5.74, 6) is -0.0578. The summed E-state index contributed by atoms with van der Waals surface area (Å²) in [5.41, 5.74) is -0.589. The Morgan fingerprint density at radius 2 is 1.68 bits per heavy atom. The molecule has 0 saturated heterocycles. The summed E-state index contributed by atoms with van der Waals surface area (Å²) in [5, 5.41) is 18.4. The second kappa shape index (κ2) is 15.8. The Balaban J connectivity index is 1.22. The maximum atomic E-state index is 13.3. The number of anilines is 1. The molecular weight excluding hydrogens is 676 g/mol. The van der Waals surface area contributed by atoms with E-state index in [-0.39, 0.29) is 23.8 Å². The number of benzene rings is 1. The molecule has 9 nitrogen and oxygen atoms in total. The second-order valence-corrected chi connectivity index (χ2v) is 20.5. The van der Waals surface area contributed by atoms with Crippen LogP contribution in [0, 0.1) is 0 Å². The molecule has 0 spiro atoms. The molecule has 0 bridgehead atoms. The lowest BCUT2D eigenvalue weighted by Crippen LogP contribution is -2.42. The van der Waals surface area contributed by atoms with Crippen LogP contribution in [0.5, 0.6) is 5.75 Å². The normalized spacial score (nSPS) is 17.4. The van der Waals surface area contributed by atoms with Crippen LogP contribution in [0.4, 0.5) is 10.5 Å². The lowest BCUT2D eigenvalue weighted by molar-refractivity contribution is -0.169. The largest absolute Gasteiger partial charge is 0.496 e. The van der Waals surface area contributed by atoms with E-state index in [0.29, 0.717) is 52.2 Å². The molecule has 2 aromatic heterocycles. The molecule has 1 aromatic carbocycles. The van der Waals surface area contributed by atoms with Crippen molar-refractivity contribution in [2.75, 3.05) is 32.6 Å². The fraction of sp³-hybridized carbons (Fsp3) is 0.529. The van der Waals surface area contributed by atoms with E-state index >= 15 is 0 Å². The molecule has 1 aliphatic rings. The third-order valence-electron chi connectivity index (χ3n) is 9.27. The zero-order chi connectivity index (χ0) is 34.4. The molecule has 2 N–H and O–H groups in total. The molecule has 47 heavy (non-hydrogen) atoms. The van der Waals surface area contributed by atoms with Gasteiger partial charge in [-0.3, -0.25) is 5.32 Å². The number of nitrogens with zero attached hydrogens (tertiary/aromatic N) is 1. The highest BCUT2D eigenvalue weighted by Crippen LogP contribution is 2.40. The number of amides is 1. The fourth-order valence-electron chi connectivity index (χ4n) is 5.21. The Kier molecular flexibility index (Phi) is 12.6. The molecule has 1 amide bonds. The van der Waals surface area contributed by atoms with Crippen molar-refractivity contribution in [3.63, 3.8) is 0 Å². The highest BCUT2D eigenvalue weighted by molar-refractivity contribution is 7.12. The molecule has 0 aliphatic heterocycles. The van der Waals surface area contributed by atoms with Crippen molar-refractivity contribution in [1.29, 1.82) is 0 Å². The van der Waals surface area contributed by atoms with Crippen LogP contribution in [0.3, 0.4) is 0 Å². The highest BCUT2D eigenvalue weighted by atomic mass is 35.5. The monoisotopic (exact) mass is 722 g/mol. The summed E-state index contributed by atoms with van der Waals surface area (Å²) in [6, 6.07) is 10.9.